The van der Waals surface area contributed by atoms with Gasteiger partial charge in [-0.25, -0.2) is 0 Å². The Labute approximate surface area is 94.7 Å². The molecule has 0 amide bonds. The number of methoxy groups -OCH3 is 2. The number of aliphatic hydroxyl groups excluding tert-OH is 1. The van der Waals surface area contributed by atoms with E-state index in [1.807, 2.05) is 0 Å². The Bertz CT molecular complexity index is 341. The molecule has 1 aromatic carbocycles. The molecule has 1 rings (SSSR count). The van der Waals surface area contributed by atoms with Crippen molar-refractivity contribution in [3.8, 4) is 17.2 Å². The van der Waals surface area contributed by atoms with Gasteiger partial charge in [0, 0.05) is 25.2 Å². The van der Waals surface area contributed by atoms with Crippen LogP contribution in [0.15, 0.2) is 12.1 Å². The molecule has 0 unspecified atom stereocenters. The summed E-state index contributed by atoms with van der Waals surface area (Å²) in [4.78, 5) is 0. The summed E-state index contributed by atoms with van der Waals surface area (Å²) in [5.41, 5.74) is 6.26. The molecule has 0 heterocycles. The highest BCUT2D eigenvalue weighted by Crippen LogP contribution is 2.37. The molecular weight excluding hydrogens is 210 g/mol. The Morgan fingerprint density at radius 2 is 2.00 bits per heavy atom. The SMILES string of the molecule is COc1cc(N)c(OCCCO)c(OC)c1. The topological polar surface area (TPSA) is 73.9 Å². The minimum absolute atomic E-state index is 0.0817. The molecule has 16 heavy (non-hydrogen) atoms. The summed E-state index contributed by atoms with van der Waals surface area (Å²) in [7, 11) is 3.09. The molecule has 0 aliphatic heterocycles. The zero-order valence-electron chi connectivity index (χ0n) is 9.53. The maximum absolute atomic E-state index is 8.66. The van der Waals surface area contributed by atoms with Gasteiger partial charge >= 0.3 is 0 Å². The Morgan fingerprint density at radius 3 is 2.56 bits per heavy atom. The molecule has 1 aromatic rings. The Kier molecular flexibility index (Phi) is 4.72. The molecule has 0 aromatic heterocycles. The zero-order valence-corrected chi connectivity index (χ0v) is 9.53. The second kappa shape index (κ2) is 6.07. The van der Waals surface area contributed by atoms with E-state index in [1.165, 1.54) is 7.11 Å². The van der Waals surface area contributed by atoms with E-state index in [0.29, 0.717) is 36.0 Å². The average molecular weight is 227 g/mol. The van der Waals surface area contributed by atoms with E-state index in [9.17, 15) is 0 Å². The fourth-order valence-electron chi connectivity index (χ4n) is 1.26. The van der Waals surface area contributed by atoms with Gasteiger partial charge in [0.1, 0.15) is 5.75 Å². The Hall–Kier alpha value is -1.62. The third kappa shape index (κ3) is 2.93. The van der Waals surface area contributed by atoms with Crippen molar-refractivity contribution in [2.45, 2.75) is 6.42 Å². The van der Waals surface area contributed by atoms with E-state index in [1.54, 1.807) is 19.2 Å². The Morgan fingerprint density at radius 1 is 1.25 bits per heavy atom. The molecule has 0 aliphatic carbocycles. The molecule has 90 valence electrons. The molecule has 0 radical (unpaired) electrons. The molecule has 0 saturated heterocycles. The zero-order chi connectivity index (χ0) is 12.0. The molecule has 5 heteroatoms. The smallest absolute Gasteiger partial charge is 0.184 e. The van der Waals surface area contributed by atoms with E-state index in [2.05, 4.69) is 0 Å². The van der Waals surface area contributed by atoms with Gasteiger partial charge in [0.15, 0.2) is 11.5 Å². The minimum Gasteiger partial charge on any atom is -0.497 e. The maximum atomic E-state index is 8.66. The van der Waals surface area contributed by atoms with Gasteiger partial charge < -0.3 is 25.1 Å². The van der Waals surface area contributed by atoms with E-state index >= 15 is 0 Å². The summed E-state index contributed by atoms with van der Waals surface area (Å²) in [5.74, 6) is 1.62. The van der Waals surface area contributed by atoms with Gasteiger partial charge in [-0.05, 0) is 0 Å². The molecule has 0 fully saturated rings. The first kappa shape index (κ1) is 12.4. The first-order chi connectivity index (χ1) is 7.72. The van der Waals surface area contributed by atoms with Crippen molar-refractivity contribution < 1.29 is 19.3 Å². The van der Waals surface area contributed by atoms with Crippen molar-refractivity contribution in [3.63, 3.8) is 0 Å². The van der Waals surface area contributed by atoms with Crippen LogP contribution in [0.4, 0.5) is 5.69 Å². The molecule has 0 bridgehead atoms. The van der Waals surface area contributed by atoms with Crippen LogP contribution in [0.1, 0.15) is 6.42 Å². The highest BCUT2D eigenvalue weighted by molar-refractivity contribution is 5.63. The number of hydrogen-bond acceptors (Lipinski definition) is 5. The van der Waals surface area contributed by atoms with E-state index in [0.717, 1.165) is 0 Å². The minimum atomic E-state index is 0.0817. The predicted octanol–water partition coefficient (Wildman–Crippen LogP) is 1.05. The quantitative estimate of drug-likeness (QED) is 0.561. The molecule has 5 nitrogen and oxygen atoms in total. The van der Waals surface area contributed by atoms with E-state index in [-0.39, 0.29) is 6.61 Å². The first-order valence-corrected chi connectivity index (χ1v) is 4.98. The van der Waals surface area contributed by atoms with Crippen LogP contribution in [0.2, 0.25) is 0 Å². The summed E-state index contributed by atoms with van der Waals surface area (Å²) >= 11 is 0. The summed E-state index contributed by atoms with van der Waals surface area (Å²) in [6.07, 6.45) is 0.550. The second-order valence-corrected chi connectivity index (χ2v) is 3.17. The molecule has 0 aliphatic rings. The predicted molar refractivity (Wildman–Crippen MR) is 61.2 cm³/mol. The van der Waals surface area contributed by atoms with Gasteiger partial charge in [-0.1, -0.05) is 0 Å². The van der Waals surface area contributed by atoms with Crippen LogP contribution < -0.4 is 19.9 Å². The second-order valence-electron chi connectivity index (χ2n) is 3.17. The van der Waals surface area contributed by atoms with Crippen molar-refractivity contribution in [1.29, 1.82) is 0 Å². The van der Waals surface area contributed by atoms with Gasteiger partial charge in [0.25, 0.3) is 0 Å². The summed E-state index contributed by atoms with van der Waals surface area (Å²) in [5, 5.41) is 8.66. The standard InChI is InChI=1S/C11H17NO4/c1-14-8-6-9(12)11(10(7-8)15-2)16-5-3-4-13/h6-7,13H,3-5,12H2,1-2H3. The number of aliphatic hydroxyl groups is 1. The molecule has 3 N–H and O–H groups in total. The third-order valence-corrected chi connectivity index (χ3v) is 2.06. The third-order valence-electron chi connectivity index (χ3n) is 2.06. The fourth-order valence-corrected chi connectivity index (χ4v) is 1.26. The number of anilines is 1. The van der Waals surface area contributed by atoms with Crippen LogP contribution in [0.25, 0.3) is 0 Å². The Balaban J connectivity index is 2.88. The highest BCUT2D eigenvalue weighted by Gasteiger charge is 2.11. The number of rotatable bonds is 6. The van der Waals surface area contributed by atoms with Crippen LogP contribution >= 0.6 is 0 Å². The average Bonchev–Trinajstić information content (AvgIpc) is 2.30. The van der Waals surface area contributed by atoms with Crippen molar-refractivity contribution >= 4 is 5.69 Å². The number of nitrogen functional groups attached to an aromatic ring is 1. The largest absolute Gasteiger partial charge is 0.497 e. The lowest BCUT2D eigenvalue weighted by Crippen LogP contribution is -2.04. The van der Waals surface area contributed by atoms with Crippen molar-refractivity contribution in [2.75, 3.05) is 33.2 Å². The van der Waals surface area contributed by atoms with Crippen LogP contribution in [0.5, 0.6) is 17.2 Å². The number of hydrogen-bond donors (Lipinski definition) is 2. The van der Waals surface area contributed by atoms with Crippen molar-refractivity contribution in [3.05, 3.63) is 12.1 Å². The highest BCUT2D eigenvalue weighted by atomic mass is 16.5. The van der Waals surface area contributed by atoms with E-state index in [4.69, 9.17) is 25.1 Å². The molecular formula is C11H17NO4. The maximum Gasteiger partial charge on any atom is 0.184 e. The van der Waals surface area contributed by atoms with Crippen molar-refractivity contribution in [1.82, 2.24) is 0 Å². The number of nitrogens with two attached hydrogens (primary N) is 1. The summed E-state index contributed by atoms with van der Waals surface area (Å²) in [6, 6.07) is 3.36. The van der Waals surface area contributed by atoms with Gasteiger partial charge in [-0.2, -0.15) is 0 Å². The fraction of sp³-hybridized carbons (Fsp3) is 0.455. The summed E-state index contributed by atoms with van der Waals surface area (Å²) in [6.45, 7) is 0.474. The lowest BCUT2D eigenvalue weighted by atomic mass is 10.2. The molecule has 0 saturated carbocycles. The van der Waals surface area contributed by atoms with Crippen LogP contribution in [-0.4, -0.2) is 32.5 Å². The van der Waals surface area contributed by atoms with Crippen LogP contribution in [0, 0.1) is 0 Å². The molecule has 0 spiro atoms. The van der Waals surface area contributed by atoms with E-state index < -0.39 is 0 Å². The number of ether oxygens (including phenoxy) is 3. The summed E-state index contributed by atoms with van der Waals surface area (Å²) < 4.78 is 15.6. The lowest BCUT2D eigenvalue weighted by Gasteiger charge is -2.14. The van der Waals surface area contributed by atoms with Gasteiger partial charge in [0.2, 0.25) is 0 Å². The van der Waals surface area contributed by atoms with Gasteiger partial charge in [-0.15, -0.1) is 0 Å². The first-order valence-electron chi connectivity index (χ1n) is 4.98. The lowest BCUT2D eigenvalue weighted by molar-refractivity contribution is 0.228. The van der Waals surface area contributed by atoms with Crippen molar-refractivity contribution in [2.24, 2.45) is 0 Å². The van der Waals surface area contributed by atoms with Gasteiger partial charge in [-0.3, -0.25) is 0 Å². The van der Waals surface area contributed by atoms with Crippen LogP contribution in [0.3, 0.4) is 0 Å². The van der Waals surface area contributed by atoms with Crippen LogP contribution in [-0.2, 0) is 0 Å². The molecule has 0 atom stereocenters. The monoisotopic (exact) mass is 227 g/mol. The van der Waals surface area contributed by atoms with Gasteiger partial charge in [0.05, 0.1) is 26.5 Å². The normalized spacial score (nSPS) is 9.94. The number of benzene rings is 1.